The Morgan fingerprint density at radius 3 is 2.86 bits per heavy atom. The molecule has 0 aromatic heterocycles. The van der Waals surface area contributed by atoms with E-state index in [4.69, 9.17) is 10.5 Å². The average Bonchev–Trinajstić information content (AvgIpc) is 3.02. The number of benzene rings is 1. The van der Waals surface area contributed by atoms with Crippen LogP contribution in [0.5, 0.6) is 0 Å². The van der Waals surface area contributed by atoms with Crippen molar-refractivity contribution in [3.8, 4) is 0 Å². The van der Waals surface area contributed by atoms with Crippen molar-refractivity contribution >= 4 is 6.09 Å². The van der Waals surface area contributed by atoms with Crippen molar-refractivity contribution in [1.82, 2.24) is 9.80 Å². The summed E-state index contributed by atoms with van der Waals surface area (Å²) in [4.78, 5) is 16.3. The molecule has 22 heavy (non-hydrogen) atoms. The number of rotatable bonds is 7. The van der Waals surface area contributed by atoms with E-state index in [-0.39, 0.29) is 6.09 Å². The molecule has 1 fully saturated rings. The summed E-state index contributed by atoms with van der Waals surface area (Å²) in [6.07, 6.45) is 0.842. The molecule has 1 aromatic carbocycles. The molecule has 1 saturated heterocycles. The summed E-state index contributed by atoms with van der Waals surface area (Å²) in [5.74, 6) is 0.524. The molecule has 0 spiro atoms. The quantitative estimate of drug-likeness (QED) is 0.836. The third-order valence-corrected chi connectivity index (χ3v) is 4.16. The van der Waals surface area contributed by atoms with Crippen LogP contribution in [0, 0.1) is 5.92 Å². The maximum absolute atomic E-state index is 12.1. The molecule has 2 rings (SSSR count). The fourth-order valence-electron chi connectivity index (χ4n) is 2.88. The van der Waals surface area contributed by atoms with E-state index >= 15 is 0 Å². The van der Waals surface area contributed by atoms with Crippen LogP contribution in [0.4, 0.5) is 4.79 Å². The van der Waals surface area contributed by atoms with E-state index in [2.05, 4.69) is 11.8 Å². The van der Waals surface area contributed by atoms with Gasteiger partial charge in [0.25, 0.3) is 0 Å². The van der Waals surface area contributed by atoms with E-state index < -0.39 is 0 Å². The molecule has 0 saturated carbocycles. The van der Waals surface area contributed by atoms with Gasteiger partial charge in [0.1, 0.15) is 6.61 Å². The SMILES string of the molecule is CCN(CCN)C[C@@H]1CCN(C(=O)OCc2ccccc2)C1. The molecule has 1 aliphatic rings. The number of nitrogens with zero attached hydrogens (tertiary/aromatic N) is 2. The van der Waals surface area contributed by atoms with E-state index in [1.165, 1.54) is 0 Å². The molecule has 1 aliphatic heterocycles. The first-order valence-corrected chi connectivity index (χ1v) is 8.11. The maximum atomic E-state index is 12.1. The summed E-state index contributed by atoms with van der Waals surface area (Å²) in [6, 6.07) is 9.78. The van der Waals surface area contributed by atoms with Crippen molar-refractivity contribution in [2.45, 2.75) is 20.0 Å². The zero-order valence-corrected chi connectivity index (χ0v) is 13.4. The van der Waals surface area contributed by atoms with Gasteiger partial charge in [-0.2, -0.15) is 0 Å². The number of likely N-dealkylation sites (N-methyl/N-ethyl adjacent to an activating group) is 1. The fraction of sp³-hybridized carbons (Fsp3) is 0.588. The monoisotopic (exact) mass is 305 g/mol. The van der Waals surface area contributed by atoms with Crippen LogP contribution in [0.25, 0.3) is 0 Å². The van der Waals surface area contributed by atoms with Crippen LogP contribution in [-0.2, 0) is 11.3 Å². The highest BCUT2D eigenvalue weighted by atomic mass is 16.6. The summed E-state index contributed by atoms with van der Waals surface area (Å²) in [5, 5.41) is 0. The lowest BCUT2D eigenvalue weighted by atomic mass is 10.1. The van der Waals surface area contributed by atoms with Gasteiger partial charge in [-0.15, -0.1) is 0 Å². The molecule has 5 heteroatoms. The first-order valence-electron chi connectivity index (χ1n) is 8.11. The van der Waals surface area contributed by atoms with Crippen molar-refractivity contribution in [2.24, 2.45) is 11.7 Å². The van der Waals surface area contributed by atoms with Crippen LogP contribution < -0.4 is 5.73 Å². The Kier molecular flexibility index (Phi) is 6.68. The Hall–Kier alpha value is -1.59. The van der Waals surface area contributed by atoms with Crippen LogP contribution in [0.15, 0.2) is 30.3 Å². The van der Waals surface area contributed by atoms with Crippen LogP contribution in [0.1, 0.15) is 18.9 Å². The van der Waals surface area contributed by atoms with E-state index in [0.717, 1.165) is 44.7 Å². The normalized spacial score (nSPS) is 18.0. The maximum Gasteiger partial charge on any atom is 0.410 e. The molecular formula is C17H27N3O2. The highest BCUT2D eigenvalue weighted by Gasteiger charge is 2.28. The smallest absolute Gasteiger partial charge is 0.410 e. The number of amides is 1. The molecule has 0 aliphatic carbocycles. The van der Waals surface area contributed by atoms with Crippen LogP contribution in [0.2, 0.25) is 0 Å². The first-order chi connectivity index (χ1) is 10.7. The number of ether oxygens (including phenoxy) is 1. The Bertz CT molecular complexity index is 452. The highest BCUT2D eigenvalue weighted by molar-refractivity contribution is 5.68. The van der Waals surface area contributed by atoms with Crippen molar-refractivity contribution in [3.05, 3.63) is 35.9 Å². The number of nitrogens with two attached hydrogens (primary N) is 1. The minimum absolute atomic E-state index is 0.201. The van der Waals surface area contributed by atoms with Gasteiger partial charge >= 0.3 is 6.09 Å². The Morgan fingerprint density at radius 2 is 2.18 bits per heavy atom. The standard InChI is InChI=1S/C17H27N3O2/c1-2-19(11-9-18)12-16-8-10-20(13-16)17(21)22-14-15-6-4-3-5-7-15/h3-7,16H,2,8-14,18H2,1H3/t16-/m0/s1. The van der Waals surface area contributed by atoms with Gasteiger partial charge in [0.05, 0.1) is 0 Å². The van der Waals surface area contributed by atoms with E-state index in [1.54, 1.807) is 0 Å². The Labute approximate surface area is 133 Å². The number of likely N-dealkylation sites (tertiary alicyclic amines) is 1. The molecule has 0 unspecified atom stereocenters. The van der Waals surface area contributed by atoms with Crippen molar-refractivity contribution < 1.29 is 9.53 Å². The third kappa shape index (κ3) is 5.00. The van der Waals surface area contributed by atoms with Gasteiger partial charge in [-0.25, -0.2) is 4.79 Å². The number of carbonyl (C=O) groups excluding carboxylic acids is 1. The Balaban J connectivity index is 1.73. The van der Waals surface area contributed by atoms with E-state index in [1.807, 2.05) is 35.2 Å². The number of hydrogen-bond donors (Lipinski definition) is 1. The van der Waals surface area contributed by atoms with E-state index in [0.29, 0.717) is 19.1 Å². The van der Waals surface area contributed by atoms with Gasteiger partial charge < -0.3 is 20.3 Å². The van der Waals surface area contributed by atoms with Gasteiger partial charge in [-0.05, 0) is 24.4 Å². The summed E-state index contributed by atoms with van der Waals surface area (Å²) in [5.41, 5.74) is 6.64. The lowest BCUT2D eigenvalue weighted by Gasteiger charge is -2.23. The summed E-state index contributed by atoms with van der Waals surface area (Å²) < 4.78 is 5.39. The molecule has 1 atom stereocenters. The molecule has 1 aromatic rings. The molecule has 0 radical (unpaired) electrons. The van der Waals surface area contributed by atoms with Gasteiger partial charge in [0, 0.05) is 32.7 Å². The van der Waals surface area contributed by atoms with Crippen molar-refractivity contribution in [3.63, 3.8) is 0 Å². The molecule has 1 amide bonds. The number of carbonyl (C=O) groups is 1. The second-order valence-corrected chi connectivity index (χ2v) is 5.82. The summed E-state index contributed by atoms with van der Waals surface area (Å²) in [6.45, 7) is 7.69. The van der Waals surface area contributed by atoms with Gasteiger partial charge in [0.2, 0.25) is 0 Å². The third-order valence-electron chi connectivity index (χ3n) is 4.16. The largest absolute Gasteiger partial charge is 0.445 e. The minimum atomic E-state index is -0.201. The molecular weight excluding hydrogens is 278 g/mol. The highest BCUT2D eigenvalue weighted by Crippen LogP contribution is 2.18. The number of hydrogen-bond acceptors (Lipinski definition) is 4. The summed E-state index contributed by atoms with van der Waals surface area (Å²) >= 11 is 0. The van der Waals surface area contributed by atoms with Gasteiger partial charge in [-0.1, -0.05) is 37.3 Å². The van der Waals surface area contributed by atoms with Crippen LogP contribution in [-0.4, -0.2) is 55.2 Å². The Morgan fingerprint density at radius 1 is 1.41 bits per heavy atom. The van der Waals surface area contributed by atoms with Crippen LogP contribution >= 0.6 is 0 Å². The molecule has 1 heterocycles. The second-order valence-electron chi connectivity index (χ2n) is 5.82. The molecule has 5 nitrogen and oxygen atoms in total. The van der Waals surface area contributed by atoms with Crippen LogP contribution in [0.3, 0.4) is 0 Å². The lowest BCUT2D eigenvalue weighted by molar-refractivity contribution is 0.102. The first kappa shape index (κ1) is 16.8. The van der Waals surface area contributed by atoms with Gasteiger partial charge in [-0.3, -0.25) is 0 Å². The predicted molar refractivity (Wildman–Crippen MR) is 87.5 cm³/mol. The molecule has 0 bridgehead atoms. The van der Waals surface area contributed by atoms with Gasteiger partial charge in [0.15, 0.2) is 0 Å². The molecule has 122 valence electrons. The summed E-state index contributed by atoms with van der Waals surface area (Å²) in [7, 11) is 0. The van der Waals surface area contributed by atoms with E-state index in [9.17, 15) is 4.79 Å². The topological polar surface area (TPSA) is 58.8 Å². The van der Waals surface area contributed by atoms with Crippen molar-refractivity contribution in [1.29, 1.82) is 0 Å². The fourth-order valence-corrected chi connectivity index (χ4v) is 2.88. The minimum Gasteiger partial charge on any atom is -0.445 e. The second kappa shape index (κ2) is 8.76. The van der Waals surface area contributed by atoms with Crippen molar-refractivity contribution in [2.75, 3.05) is 39.3 Å². The predicted octanol–water partition coefficient (Wildman–Crippen LogP) is 1.93. The zero-order valence-electron chi connectivity index (χ0n) is 13.4. The zero-order chi connectivity index (χ0) is 15.8. The average molecular weight is 305 g/mol. The lowest BCUT2D eigenvalue weighted by Crippen LogP contribution is -2.35. The molecule has 2 N–H and O–H groups in total.